The summed E-state index contributed by atoms with van der Waals surface area (Å²) in [5, 5.41) is 11.5. The van der Waals surface area contributed by atoms with E-state index >= 15 is 0 Å². The van der Waals surface area contributed by atoms with Gasteiger partial charge in [-0.25, -0.2) is 4.79 Å². The van der Waals surface area contributed by atoms with Crippen LogP contribution in [0.2, 0.25) is 5.02 Å². The van der Waals surface area contributed by atoms with Crippen LogP contribution in [0.1, 0.15) is 5.56 Å². The van der Waals surface area contributed by atoms with Crippen molar-refractivity contribution in [2.45, 2.75) is 0 Å². The lowest BCUT2D eigenvalue weighted by molar-refractivity contribution is -0.116. The number of hydrogen-bond donors (Lipinski definition) is 1. The highest BCUT2D eigenvalue weighted by molar-refractivity contribution is 6.32. The van der Waals surface area contributed by atoms with Gasteiger partial charge in [-0.1, -0.05) is 48.0 Å². The van der Waals surface area contributed by atoms with Crippen LogP contribution in [0.4, 0.5) is 4.79 Å². The van der Waals surface area contributed by atoms with Crippen molar-refractivity contribution in [3.63, 3.8) is 0 Å². The summed E-state index contributed by atoms with van der Waals surface area (Å²) >= 11 is 5.97. The molecule has 0 unspecified atom stereocenters. The average Bonchev–Trinajstić information content (AvgIpc) is 2.54. The minimum atomic E-state index is -0.971. The van der Waals surface area contributed by atoms with Gasteiger partial charge in [0.25, 0.3) is 5.91 Å². The summed E-state index contributed by atoms with van der Waals surface area (Å²) in [7, 11) is 0. The highest BCUT2D eigenvalue weighted by Gasteiger charge is 2.15. The fraction of sp³-hybridized carbons (Fsp3) is 0. The Hall–Kier alpha value is -3.10. The SMILES string of the molecule is N#CC(=Cc1ccccc1Cl)C(=O)NC(=O)Oc1ccccc1. The van der Waals surface area contributed by atoms with E-state index in [1.165, 1.54) is 6.08 Å². The normalized spacial score (nSPS) is 10.5. The number of carbonyl (C=O) groups is 2. The van der Waals surface area contributed by atoms with Crippen LogP contribution in [0.3, 0.4) is 0 Å². The molecule has 114 valence electrons. The molecule has 0 radical (unpaired) electrons. The second kappa shape index (κ2) is 7.78. The Labute approximate surface area is 137 Å². The Morgan fingerprint density at radius 3 is 2.39 bits per heavy atom. The van der Waals surface area contributed by atoms with Gasteiger partial charge in [0.05, 0.1) is 0 Å². The van der Waals surface area contributed by atoms with Gasteiger partial charge in [0.15, 0.2) is 0 Å². The number of nitrogens with zero attached hydrogens (tertiary/aromatic N) is 1. The fourth-order valence-electron chi connectivity index (χ4n) is 1.68. The minimum absolute atomic E-state index is 0.261. The molecule has 23 heavy (non-hydrogen) atoms. The number of amides is 2. The third kappa shape index (κ3) is 4.70. The molecule has 0 fully saturated rings. The van der Waals surface area contributed by atoms with Crippen LogP contribution >= 0.6 is 11.6 Å². The summed E-state index contributed by atoms with van der Waals surface area (Å²) in [6.45, 7) is 0. The monoisotopic (exact) mass is 326 g/mol. The van der Waals surface area contributed by atoms with Crippen LogP contribution in [-0.2, 0) is 4.79 Å². The van der Waals surface area contributed by atoms with Crippen LogP contribution in [-0.4, -0.2) is 12.0 Å². The fourth-order valence-corrected chi connectivity index (χ4v) is 1.87. The van der Waals surface area contributed by atoms with Gasteiger partial charge < -0.3 is 4.74 Å². The predicted molar refractivity (Wildman–Crippen MR) is 85.7 cm³/mol. The summed E-state index contributed by atoms with van der Waals surface area (Å²) in [6.07, 6.45) is 0.328. The molecule has 0 aliphatic heterocycles. The number of carbonyl (C=O) groups excluding carboxylic acids is 2. The van der Waals surface area contributed by atoms with Gasteiger partial charge in [-0.15, -0.1) is 0 Å². The zero-order valence-corrected chi connectivity index (χ0v) is 12.6. The highest BCUT2D eigenvalue weighted by Crippen LogP contribution is 2.18. The zero-order chi connectivity index (χ0) is 16.7. The third-order valence-corrected chi connectivity index (χ3v) is 3.08. The number of imide groups is 1. The molecule has 1 N–H and O–H groups in total. The summed E-state index contributed by atoms with van der Waals surface area (Å²) in [6, 6.07) is 16.7. The number of ether oxygens (including phenoxy) is 1. The van der Waals surface area contributed by atoms with E-state index in [1.807, 2.05) is 5.32 Å². The lowest BCUT2D eigenvalue weighted by Gasteiger charge is -2.05. The Bertz CT molecular complexity index is 795. The van der Waals surface area contributed by atoms with Crippen molar-refractivity contribution in [3.8, 4) is 11.8 Å². The van der Waals surface area contributed by atoms with Crippen LogP contribution in [0.5, 0.6) is 5.75 Å². The van der Waals surface area contributed by atoms with Crippen molar-refractivity contribution in [1.82, 2.24) is 5.32 Å². The molecule has 0 aliphatic carbocycles. The first-order valence-electron chi connectivity index (χ1n) is 6.54. The number of nitriles is 1. The molecule has 0 bridgehead atoms. The smallest absolute Gasteiger partial charge is 0.410 e. The molecule has 0 aromatic heterocycles. The van der Waals surface area contributed by atoms with Crippen LogP contribution in [0.15, 0.2) is 60.2 Å². The number of rotatable bonds is 3. The molecular weight excluding hydrogens is 316 g/mol. The van der Waals surface area contributed by atoms with E-state index in [-0.39, 0.29) is 11.3 Å². The van der Waals surface area contributed by atoms with Crippen molar-refractivity contribution >= 4 is 29.7 Å². The standard InChI is InChI=1S/C17H11ClN2O3/c18-15-9-5-4-6-12(15)10-13(11-19)16(21)20-17(22)23-14-7-2-1-3-8-14/h1-10H,(H,20,21,22). The highest BCUT2D eigenvalue weighted by atomic mass is 35.5. The minimum Gasteiger partial charge on any atom is -0.410 e. The number of nitrogens with one attached hydrogen (secondary N) is 1. The second-order valence-electron chi connectivity index (χ2n) is 4.35. The van der Waals surface area contributed by atoms with E-state index in [4.69, 9.17) is 21.6 Å². The van der Waals surface area contributed by atoms with Crippen molar-refractivity contribution in [2.24, 2.45) is 0 Å². The lowest BCUT2D eigenvalue weighted by Crippen LogP contribution is -2.33. The van der Waals surface area contributed by atoms with Gasteiger partial charge in [0.1, 0.15) is 17.4 Å². The molecule has 2 amide bonds. The number of hydrogen-bond acceptors (Lipinski definition) is 4. The Morgan fingerprint density at radius 1 is 1.09 bits per heavy atom. The van der Waals surface area contributed by atoms with Gasteiger partial charge >= 0.3 is 6.09 Å². The van der Waals surface area contributed by atoms with Crippen LogP contribution in [0, 0.1) is 11.3 Å². The summed E-state index contributed by atoms with van der Waals surface area (Å²) in [5.41, 5.74) is 0.236. The average molecular weight is 327 g/mol. The quantitative estimate of drug-likeness (QED) is 0.691. The van der Waals surface area contributed by atoms with E-state index < -0.39 is 12.0 Å². The molecular formula is C17H11ClN2O3. The third-order valence-electron chi connectivity index (χ3n) is 2.74. The molecule has 2 aromatic rings. The first kappa shape index (κ1) is 16.3. The van der Waals surface area contributed by atoms with Crippen molar-refractivity contribution < 1.29 is 14.3 Å². The molecule has 0 saturated carbocycles. The predicted octanol–water partition coefficient (Wildman–Crippen LogP) is 3.56. The van der Waals surface area contributed by atoms with Crippen LogP contribution in [0.25, 0.3) is 6.08 Å². The van der Waals surface area contributed by atoms with Gasteiger partial charge in [0.2, 0.25) is 0 Å². The number of halogens is 1. The molecule has 0 saturated heterocycles. The van der Waals surface area contributed by atoms with Gasteiger partial charge in [-0.3, -0.25) is 10.1 Å². The maximum Gasteiger partial charge on any atom is 0.419 e. The largest absolute Gasteiger partial charge is 0.419 e. The molecule has 2 aromatic carbocycles. The van der Waals surface area contributed by atoms with Crippen molar-refractivity contribution in [1.29, 1.82) is 5.26 Å². The van der Waals surface area contributed by atoms with E-state index in [0.717, 1.165) is 0 Å². The number of para-hydroxylation sites is 1. The molecule has 5 nitrogen and oxygen atoms in total. The van der Waals surface area contributed by atoms with Crippen molar-refractivity contribution in [3.05, 3.63) is 70.8 Å². The summed E-state index contributed by atoms with van der Waals surface area (Å²) in [4.78, 5) is 23.6. The molecule has 2 rings (SSSR count). The zero-order valence-electron chi connectivity index (χ0n) is 11.8. The van der Waals surface area contributed by atoms with Crippen LogP contribution < -0.4 is 10.1 Å². The molecule has 6 heteroatoms. The van der Waals surface area contributed by atoms with E-state index in [9.17, 15) is 9.59 Å². The van der Waals surface area contributed by atoms with E-state index in [1.54, 1.807) is 60.7 Å². The lowest BCUT2D eigenvalue weighted by atomic mass is 10.1. The maximum atomic E-state index is 11.9. The molecule has 0 aliphatic rings. The van der Waals surface area contributed by atoms with Crippen molar-refractivity contribution in [2.75, 3.05) is 0 Å². The molecule has 0 spiro atoms. The Kier molecular flexibility index (Phi) is 5.50. The summed E-state index contributed by atoms with van der Waals surface area (Å²) in [5.74, 6) is -0.584. The van der Waals surface area contributed by atoms with Gasteiger partial charge in [-0.05, 0) is 29.8 Å². The Balaban J connectivity index is 2.08. The van der Waals surface area contributed by atoms with E-state index in [0.29, 0.717) is 10.6 Å². The van der Waals surface area contributed by atoms with Gasteiger partial charge in [0, 0.05) is 5.02 Å². The first-order chi connectivity index (χ1) is 11.1. The van der Waals surface area contributed by atoms with Gasteiger partial charge in [-0.2, -0.15) is 5.26 Å². The summed E-state index contributed by atoms with van der Waals surface area (Å²) < 4.78 is 4.92. The van der Waals surface area contributed by atoms with E-state index in [2.05, 4.69) is 0 Å². The molecule has 0 atom stereocenters. The first-order valence-corrected chi connectivity index (χ1v) is 6.92. The second-order valence-corrected chi connectivity index (χ2v) is 4.76. The maximum absolute atomic E-state index is 11.9. The Morgan fingerprint density at radius 2 is 1.74 bits per heavy atom. The number of benzene rings is 2. The molecule has 0 heterocycles. The topological polar surface area (TPSA) is 79.2 Å².